The Balaban J connectivity index is 1.34. The van der Waals surface area contributed by atoms with E-state index in [0.717, 1.165) is 18.4 Å². The molecule has 2 bridgehead atoms. The Morgan fingerprint density at radius 1 is 1.35 bits per heavy atom. The molecule has 10 nitrogen and oxygen atoms in total. The van der Waals surface area contributed by atoms with Gasteiger partial charge in [0.2, 0.25) is 5.95 Å². The Labute approximate surface area is 236 Å². The molecule has 3 fully saturated rings. The predicted molar refractivity (Wildman–Crippen MR) is 148 cm³/mol. The molecule has 3 N–H and O–H groups in total. The number of aliphatic hydroxyl groups excluding tert-OH is 1. The molecule has 1 aromatic carbocycles. The van der Waals surface area contributed by atoms with Crippen LogP contribution in [-0.4, -0.2) is 80.1 Å². The van der Waals surface area contributed by atoms with E-state index < -0.39 is 11.9 Å². The molecule has 12 heteroatoms. The number of aromatic nitrogens is 4. The minimum absolute atomic E-state index is 0.0126. The van der Waals surface area contributed by atoms with Gasteiger partial charge in [0.25, 0.3) is 0 Å². The summed E-state index contributed by atoms with van der Waals surface area (Å²) in [7, 11) is 0. The van der Waals surface area contributed by atoms with Crippen molar-refractivity contribution < 1.29 is 23.8 Å². The first-order valence-electron chi connectivity index (χ1n) is 14.0. The zero-order valence-electron chi connectivity index (χ0n) is 22.8. The number of nitrogens with one attached hydrogen (secondary N) is 2. The maximum atomic E-state index is 15.6. The highest BCUT2D eigenvalue weighted by Gasteiger charge is 2.42. The van der Waals surface area contributed by atoms with Gasteiger partial charge < -0.3 is 29.8 Å². The molecule has 3 aliphatic heterocycles. The van der Waals surface area contributed by atoms with Gasteiger partial charge in [-0.05, 0) is 50.2 Å². The van der Waals surface area contributed by atoms with E-state index in [1.54, 1.807) is 11.8 Å². The molecule has 3 aliphatic rings. The number of aromatic amines is 1. The third-order valence-corrected chi connectivity index (χ3v) is 8.50. The summed E-state index contributed by atoms with van der Waals surface area (Å²) in [6, 6.07) is 1.18. The number of hydrogen-bond donors (Lipinski definition) is 3. The average Bonchev–Trinajstić information content (AvgIpc) is 3.67. The molecule has 5 atom stereocenters. The molecule has 2 aromatic heterocycles. The summed E-state index contributed by atoms with van der Waals surface area (Å²) in [4.78, 5) is 30.9. The van der Waals surface area contributed by atoms with Gasteiger partial charge in [-0.1, -0.05) is 25.4 Å². The van der Waals surface area contributed by atoms with E-state index in [4.69, 9.17) is 26.1 Å². The van der Waals surface area contributed by atoms with Gasteiger partial charge in [-0.3, -0.25) is 0 Å². The molecule has 6 rings (SSSR count). The Hall–Kier alpha value is -3.02. The van der Waals surface area contributed by atoms with Crippen LogP contribution in [0.1, 0.15) is 69.7 Å². The smallest absolute Gasteiger partial charge is 0.409 e. The van der Waals surface area contributed by atoms with Gasteiger partial charge in [0, 0.05) is 24.6 Å². The molecule has 3 saturated heterocycles. The fourth-order valence-electron chi connectivity index (χ4n) is 6.30. The van der Waals surface area contributed by atoms with Gasteiger partial charge in [0.15, 0.2) is 5.82 Å². The topological polar surface area (TPSA) is 125 Å². The second-order valence-corrected chi connectivity index (χ2v) is 11.6. The fourth-order valence-corrected chi connectivity index (χ4v) is 6.49. The first-order valence-corrected chi connectivity index (χ1v) is 14.4. The van der Waals surface area contributed by atoms with Crippen molar-refractivity contribution in [3.63, 3.8) is 0 Å². The molecule has 0 unspecified atom stereocenters. The number of fused-ring (bicyclic) bond motifs is 3. The van der Waals surface area contributed by atoms with Crippen LogP contribution in [0.5, 0.6) is 0 Å². The maximum absolute atomic E-state index is 15.6. The van der Waals surface area contributed by atoms with E-state index in [2.05, 4.69) is 20.3 Å². The number of nitrogens with zero attached hydrogens (tertiary/aromatic N) is 4. The zero-order chi connectivity index (χ0) is 28.1. The van der Waals surface area contributed by atoms with Crippen LogP contribution in [0, 0.1) is 5.82 Å². The molecule has 0 radical (unpaired) electrons. The summed E-state index contributed by atoms with van der Waals surface area (Å²) in [6.07, 6.45) is 3.53. The van der Waals surface area contributed by atoms with Crippen LogP contribution in [0.25, 0.3) is 22.3 Å². The van der Waals surface area contributed by atoms with Crippen LogP contribution >= 0.6 is 11.6 Å². The van der Waals surface area contributed by atoms with Crippen molar-refractivity contribution >= 4 is 34.7 Å². The highest BCUT2D eigenvalue weighted by Crippen LogP contribution is 2.40. The third kappa shape index (κ3) is 4.88. The molecule has 5 heterocycles. The number of aliphatic hydroxyl groups is 1. The van der Waals surface area contributed by atoms with E-state index in [0.29, 0.717) is 66.1 Å². The first kappa shape index (κ1) is 27.2. The molecular weight excluding hydrogens is 539 g/mol. The van der Waals surface area contributed by atoms with Crippen molar-refractivity contribution in [2.45, 2.75) is 82.6 Å². The van der Waals surface area contributed by atoms with Crippen LogP contribution in [0.2, 0.25) is 5.02 Å². The van der Waals surface area contributed by atoms with Crippen molar-refractivity contribution in [1.29, 1.82) is 0 Å². The first-order chi connectivity index (χ1) is 19.2. The summed E-state index contributed by atoms with van der Waals surface area (Å²) in [6.45, 7) is 7.15. The molecule has 40 heavy (non-hydrogen) atoms. The lowest BCUT2D eigenvalue weighted by molar-refractivity contribution is -0.0811. The molecule has 3 aromatic rings. The average molecular weight is 573 g/mol. The number of rotatable bonds is 6. The number of carbonyl (C=O) groups is 1. The number of anilines is 1. The number of H-pyrrole nitrogens is 1. The van der Waals surface area contributed by atoms with E-state index >= 15 is 4.39 Å². The van der Waals surface area contributed by atoms with E-state index in [1.165, 1.54) is 12.3 Å². The standard InChI is InChI=1S/C28H34ClFN6O4/c1-4-39-28(38)36-8-7-14(12-36)26-33-23-18(30)10-16(21(13(2)3)24(23)34-26)22-17(29)11-31-27(35-22)32-19-9-15-5-6-20(40-15)25(19)37/h10-11,13-15,19-20,25,37H,4-9,12H2,1-3H3,(H,33,34)(H,31,32,35)/t14-,15-,19-,20+,25+/m1/s1. The van der Waals surface area contributed by atoms with E-state index in [-0.39, 0.29) is 41.7 Å². The number of carbonyl (C=O) groups excluding carboxylic acids is 1. The number of hydrogen-bond acceptors (Lipinski definition) is 8. The fraction of sp³-hybridized carbons (Fsp3) is 0.571. The monoisotopic (exact) mass is 572 g/mol. The summed E-state index contributed by atoms with van der Waals surface area (Å²) in [5.74, 6) is 0.396. The molecule has 214 valence electrons. The highest BCUT2D eigenvalue weighted by molar-refractivity contribution is 6.33. The Bertz CT molecular complexity index is 1430. The van der Waals surface area contributed by atoms with Gasteiger partial charge in [-0.25, -0.2) is 24.1 Å². The van der Waals surface area contributed by atoms with Crippen LogP contribution in [0.3, 0.4) is 0 Å². The van der Waals surface area contributed by atoms with Crippen molar-refractivity contribution in [3.05, 3.63) is 34.5 Å². The molecule has 0 aliphatic carbocycles. The molecule has 0 saturated carbocycles. The lowest BCUT2D eigenvalue weighted by atomic mass is 9.93. The molecular formula is C28H34ClFN6O4. The Morgan fingerprint density at radius 2 is 2.17 bits per heavy atom. The van der Waals surface area contributed by atoms with Crippen LogP contribution < -0.4 is 5.32 Å². The van der Waals surface area contributed by atoms with Crippen molar-refractivity contribution in [1.82, 2.24) is 24.8 Å². The Kier molecular flexibility index (Phi) is 7.30. The van der Waals surface area contributed by atoms with Gasteiger partial charge >= 0.3 is 6.09 Å². The highest BCUT2D eigenvalue weighted by atomic mass is 35.5. The second kappa shape index (κ2) is 10.8. The van der Waals surface area contributed by atoms with Crippen molar-refractivity contribution in [2.24, 2.45) is 0 Å². The quantitative estimate of drug-likeness (QED) is 0.378. The number of imidazole rings is 1. The van der Waals surface area contributed by atoms with E-state index in [1.807, 2.05) is 13.8 Å². The minimum atomic E-state index is -0.666. The summed E-state index contributed by atoms with van der Waals surface area (Å²) in [5.41, 5.74) is 2.64. The Morgan fingerprint density at radius 3 is 2.95 bits per heavy atom. The molecule has 0 spiro atoms. The number of benzene rings is 1. The van der Waals surface area contributed by atoms with Crippen LogP contribution in [0.4, 0.5) is 15.1 Å². The largest absolute Gasteiger partial charge is 0.450 e. The summed E-state index contributed by atoms with van der Waals surface area (Å²) < 4.78 is 26.6. The SMILES string of the molecule is CCOC(=O)N1CC[C@@H](c2nc3c(F)cc(-c4nc(N[C@@H]5C[C@H]6CC[C@H](O6)[C@H]5O)ncc4Cl)c(C(C)C)c3[nH]2)C1. The number of halogens is 2. The van der Waals surface area contributed by atoms with E-state index in [9.17, 15) is 9.90 Å². The number of amides is 1. The lowest BCUT2D eigenvalue weighted by Crippen LogP contribution is -2.47. The number of likely N-dealkylation sites (tertiary alicyclic amines) is 1. The van der Waals surface area contributed by atoms with Gasteiger partial charge in [-0.2, -0.15) is 0 Å². The normalized spacial score (nSPS) is 26.2. The van der Waals surface area contributed by atoms with Gasteiger partial charge in [-0.15, -0.1) is 0 Å². The zero-order valence-corrected chi connectivity index (χ0v) is 23.5. The predicted octanol–water partition coefficient (Wildman–Crippen LogP) is 4.97. The maximum Gasteiger partial charge on any atom is 0.409 e. The third-order valence-electron chi connectivity index (χ3n) is 8.22. The van der Waals surface area contributed by atoms with Gasteiger partial charge in [0.05, 0.1) is 47.3 Å². The van der Waals surface area contributed by atoms with Gasteiger partial charge in [0.1, 0.15) is 17.4 Å². The van der Waals surface area contributed by atoms with Crippen molar-refractivity contribution in [3.8, 4) is 11.3 Å². The number of ether oxygens (including phenoxy) is 2. The summed E-state index contributed by atoms with van der Waals surface area (Å²) >= 11 is 6.60. The van der Waals surface area contributed by atoms with Crippen LogP contribution in [-0.2, 0) is 9.47 Å². The van der Waals surface area contributed by atoms with Crippen molar-refractivity contribution in [2.75, 3.05) is 25.0 Å². The second-order valence-electron chi connectivity index (χ2n) is 11.2. The lowest BCUT2D eigenvalue weighted by Gasteiger charge is -2.34. The van der Waals surface area contributed by atoms with Crippen LogP contribution in [0.15, 0.2) is 12.3 Å². The summed E-state index contributed by atoms with van der Waals surface area (Å²) in [5, 5.41) is 14.3. The minimum Gasteiger partial charge on any atom is -0.450 e. The molecule has 1 amide bonds.